The Morgan fingerprint density at radius 3 is 1.50 bits per heavy atom. The number of nitrogens with zero attached hydrogens (tertiary/aromatic N) is 1. The standard InChI is InChI=1S/C14H30ClN/c1-3-5-7-9-10-12-14-16(15)13-11-8-6-4-2/h3-14H2,1-2H3. The van der Waals surface area contributed by atoms with E-state index in [1.165, 1.54) is 64.2 Å². The fourth-order valence-corrected chi connectivity index (χ4v) is 2.12. The lowest BCUT2D eigenvalue weighted by Gasteiger charge is -2.12. The molecular formula is C14H30ClN. The molecule has 16 heavy (non-hydrogen) atoms. The Labute approximate surface area is 108 Å². The van der Waals surface area contributed by atoms with Gasteiger partial charge in [-0.15, -0.1) is 0 Å². The minimum Gasteiger partial charge on any atom is -0.220 e. The van der Waals surface area contributed by atoms with Crippen molar-refractivity contribution in [2.24, 2.45) is 0 Å². The second kappa shape index (κ2) is 13.3. The maximum Gasteiger partial charge on any atom is 0.0139 e. The topological polar surface area (TPSA) is 3.24 Å². The Balaban J connectivity index is 3.08. The highest BCUT2D eigenvalue weighted by atomic mass is 35.5. The molecule has 0 fully saturated rings. The molecule has 0 radical (unpaired) electrons. The molecule has 2 heteroatoms. The zero-order chi connectivity index (χ0) is 12.1. The van der Waals surface area contributed by atoms with E-state index in [1.54, 1.807) is 0 Å². The van der Waals surface area contributed by atoms with E-state index in [9.17, 15) is 0 Å². The van der Waals surface area contributed by atoms with Crippen LogP contribution in [0.15, 0.2) is 0 Å². The minimum atomic E-state index is 1.07. The van der Waals surface area contributed by atoms with Gasteiger partial charge in [-0.2, -0.15) is 0 Å². The highest BCUT2D eigenvalue weighted by Gasteiger charge is 1.99. The van der Waals surface area contributed by atoms with Gasteiger partial charge >= 0.3 is 0 Å². The van der Waals surface area contributed by atoms with E-state index < -0.39 is 0 Å². The van der Waals surface area contributed by atoms with Crippen molar-refractivity contribution < 1.29 is 0 Å². The van der Waals surface area contributed by atoms with Gasteiger partial charge in [0, 0.05) is 13.1 Å². The SMILES string of the molecule is CCCCCCCCN(Cl)CCCCCC. The summed E-state index contributed by atoms with van der Waals surface area (Å²) in [4.78, 5) is 0. The molecule has 0 rings (SSSR count). The molecule has 0 heterocycles. The van der Waals surface area contributed by atoms with Crippen molar-refractivity contribution in [2.75, 3.05) is 13.1 Å². The largest absolute Gasteiger partial charge is 0.220 e. The molecule has 0 aliphatic heterocycles. The van der Waals surface area contributed by atoms with E-state index in [1.807, 2.05) is 4.42 Å². The molecule has 0 atom stereocenters. The predicted molar refractivity (Wildman–Crippen MR) is 74.9 cm³/mol. The highest BCUT2D eigenvalue weighted by Crippen LogP contribution is 2.08. The Hall–Kier alpha value is 0.250. The van der Waals surface area contributed by atoms with Crippen molar-refractivity contribution in [3.63, 3.8) is 0 Å². The van der Waals surface area contributed by atoms with Crippen molar-refractivity contribution >= 4 is 11.8 Å². The smallest absolute Gasteiger partial charge is 0.0139 e. The first-order valence-electron chi connectivity index (χ1n) is 7.22. The number of hydrogen-bond acceptors (Lipinski definition) is 1. The molecule has 0 aromatic rings. The van der Waals surface area contributed by atoms with Crippen LogP contribution in [0.5, 0.6) is 0 Å². The molecule has 0 spiro atoms. The van der Waals surface area contributed by atoms with Gasteiger partial charge in [0.25, 0.3) is 0 Å². The summed E-state index contributed by atoms with van der Waals surface area (Å²) in [5, 5.41) is 0. The zero-order valence-corrected chi connectivity index (χ0v) is 12.1. The van der Waals surface area contributed by atoms with Crippen molar-refractivity contribution in [3.8, 4) is 0 Å². The lowest BCUT2D eigenvalue weighted by atomic mass is 10.1. The van der Waals surface area contributed by atoms with E-state index in [2.05, 4.69) is 13.8 Å². The van der Waals surface area contributed by atoms with Gasteiger partial charge in [0.1, 0.15) is 0 Å². The summed E-state index contributed by atoms with van der Waals surface area (Å²) < 4.78 is 1.98. The van der Waals surface area contributed by atoms with E-state index >= 15 is 0 Å². The van der Waals surface area contributed by atoms with Crippen LogP contribution in [0.3, 0.4) is 0 Å². The first-order valence-corrected chi connectivity index (χ1v) is 7.55. The van der Waals surface area contributed by atoms with E-state index in [0.29, 0.717) is 0 Å². The van der Waals surface area contributed by atoms with Gasteiger partial charge in [-0.25, -0.2) is 4.42 Å². The van der Waals surface area contributed by atoms with Gasteiger partial charge in [0.05, 0.1) is 0 Å². The number of rotatable bonds is 12. The van der Waals surface area contributed by atoms with Gasteiger partial charge in [-0.3, -0.25) is 0 Å². The third-order valence-corrected chi connectivity index (χ3v) is 3.35. The third kappa shape index (κ3) is 12.3. The van der Waals surface area contributed by atoms with Gasteiger partial charge in [0.2, 0.25) is 0 Å². The van der Waals surface area contributed by atoms with Gasteiger partial charge < -0.3 is 0 Å². The zero-order valence-electron chi connectivity index (χ0n) is 11.3. The minimum absolute atomic E-state index is 1.07. The summed E-state index contributed by atoms with van der Waals surface area (Å²) in [7, 11) is 0. The number of hydrogen-bond donors (Lipinski definition) is 0. The second-order valence-corrected chi connectivity index (χ2v) is 5.22. The van der Waals surface area contributed by atoms with Crippen molar-refractivity contribution in [1.82, 2.24) is 4.42 Å². The van der Waals surface area contributed by atoms with E-state index in [4.69, 9.17) is 11.8 Å². The first-order chi connectivity index (χ1) is 7.81. The Morgan fingerprint density at radius 1 is 0.625 bits per heavy atom. The van der Waals surface area contributed by atoms with Crippen LogP contribution in [0, 0.1) is 0 Å². The van der Waals surface area contributed by atoms with Gasteiger partial charge in [-0.05, 0) is 24.6 Å². The Bertz CT molecular complexity index is 128. The second-order valence-electron chi connectivity index (χ2n) is 4.74. The summed E-state index contributed by atoms with van der Waals surface area (Å²) in [6.45, 7) is 6.64. The molecule has 0 aliphatic rings. The molecule has 0 unspecified atom stereocenters. The molecule has 98 valence electrons. The van der Waals surface area contributed by atoms with Crippen LogP contribution in [0.4, 0.5) is 0 Å². The molecular weight excluding hydrogens is 218 g/mol. The lowest BCUT2D eigenvalue weighted by Crippen LogP contribution is -2.14. The summed E-state index contributed by atoms with van der Waals surface area (Å²) >= 11 is 6.13. The highest BCUT2D eigenvalue weighted by molar-refractivity contribution is 6.13. The summed E-state index contributed by atoms with van der Waals surface area (Å²) in [5.74, 6) is 0. The molecule has 0 saturated heterocycles. The number of halogens is 1. The van der Waals surface area contributed by atoms with Crippen LogP contribution < -0.4 is 0 Å². The van der Waals surface area contributed by atoms with Crippen molar-refractivity contribution in [3.05, 3.63) is 0 Å². The summed E-state index contributed by atoms with van der Waals surface area (Å²) in [6, 6.07) is 0. The van der Waals surface area contributed by atoms with Crippen LogP contribution in [0.2, 0.25) is 0 Å². The lowest BCUT2D eigenvalue weighted by molar-refractivity contribution is 0.414. The average molecular weight is 248 g/mol. The maximum atomic E-state index is 6.13. The molecule has 0 aliphatic carbocycles. The third-order valence-electron chi connectivity index (χ3n) is 3.01. The molecule has 0 aromatic carbocycles. The van der Waals surface area contributed by atoms with E-state index in [-0.39, 0.29) is 0 Å². The predicted octanol–water partition coefficient (Wildman–Crippen LogP) is 5.38. The van der Waals surface area contributed by atoms with Crippen LogP contribution in [-0.4, -0.2) is 17.5 Å². The quantitative estimate of drug-likeness (QED) is 0.330. The maximum absolute atomic E-state index is 6.13. The Kier molecular flexibility index (Phi) is 13.5. The van der Waals surface area contributed by atoms with Crippen LogP contribution >= 0.6 is 11.8 Å². The number of unbranched alkanes of at least 4 members (excludes halogenated alkanes) is 8. The molecule has 0 bridgehead atoms. The van der Waals surface area contributed by atoms with Crippen LogP contribution in [-0.2, 0) is 0 Å². The molecule has 1 nitrogen and oxygen atoms in total. The Morgan fingerprint density at radius 2 is 1.00 bits per heavy atom. The van der Waals surface area contributed by atoms with Gasteiger partial charge in [0.15, 0.2) is 0 Å². The monoisotopic (exact) mass is 247 g/mol. The fourth-order valence-electron chi connectivity index (χ4n) is 1.89. The average Bonchev–Trinajstić information content (AvgIpc) is 2.29. The molecule has 0 saturated carbocycles. The van der Waals surface area contributed by atoms with Gasteiger partial charge in [-0.1, -0.05) is 65.2 Å². The van der Waals surface area contributed by atoms with Crippen LogP contribution in [0.25, 0.3) is 0 Å². The molecule has 0 aromatic heterocycles. The first kappa shape index (κ1) is 16.2. The van der Waals surface area contributed by atoms with Crippen molar-refractivity contribution in [1.29, 1.82) is 0 Å². The molecule has 0 amide bonds. The van der Waals surface area contributed by atoms with Crippen molar-refractivity contribution in [2.45, 2.75) is 78.1 Å². The fraction of sp³-hybridized carbons (Fsp3) is 1.00. The summed E-state index contributed by atoms with van der Waals surface area (Å²) in [6.07, 6.45) is 13.4. The molecule has 0 N–H and O–H groups in total. The summed E-state index contributed by atoms with van der Waals surface area (Å²) in [5.41, 5.74) is 0. The van der Waals surface area contributed by atoms with E-state index in [0.717, 1.165) is 13.1 Å². The van der Waals surface area contributed by atoms with Crippen LogP contribution in [0.1, 0.15) is 78.1 Å². The normalized spacial score (nSPS) is 11.2.